The second-order valence-electron chi connectivity index (χ2n) is 4.57. The third-order valence-electron chi connectivity index (χ3n) is 3.36. The highest BCUT2D eigenvalue weighted by Gasteiger charge is 2.33. The summed E-state index contributed by atoms with van der Waals surface area (Å²) in [5, 5.41) is 12.8. The number of rotatable bonds is 3. The van der Waals surface area contributed by atoms with Crippen LogP contribution in [-0.2, 0) is 12.8 Å². The third kappa shape index (κ3) is 2.10. The average Bonchev–Trinajstić information content (AvgIpc) is 2.36. The molecule has 1 aliphatic rings. The molecule has 0 spiro atoms. The SMILES string of the molecule is CCCNC1(C#N)CCc2ccccc2C1. The minimum Gasteiger partial charge on any atom is -0.299 e. The van der Waals surface area contributed by atoms with Crippen LogP contribution in [0.25, 0.3) is 0 Å². The van der Waals surface area contributed by atoms with Crippen LogP contribution >= 0.6 is 0 Å². The van der Waals surface area contributed by atoms with E-state index in [1.165, 1.54) is 11.1 Å². The first kappa shape index (κ1) is 11.2. The van der Waals surface area contributed by atoms with E-state index in [9.17, 15) is 5.26 Å². The van der Waals surface area contributed by atoms with Crippen LogP contribution in [0.2, 0.25) is 0 Å². The second-order valence-corrected chi connectivity index (χ2v) is 4.57. The Morgan fingerprint density at radius 1 is 1.38 bits per heavy atom. The van der Waals surface area contributed by atoms with E-state index < -0.39 is 0 Å². The Bertz CT molecular complexity index is 405. The van der Waals surface area contributed by atoms with E-state index in [2.05, 4.69) is 42.6 Å². The molecule has 0 heterocycles. The Kier molecular flexibility index (Phi) is 3.26. The molecule has 0 aliphatic heterocycles. The molecule has 16 heavy (non-hydrogen) atoms. The van der Waals surface area contributed by atoms with Gasteiger partial charge in [-0.05, 0) is 36.9 Å². The summed E-state index contributed by atoms with van der Waals surface area (Å²) in [6.45, 7) is 3.06. The number of hydrogen-bond acceptors (Lipinski definition) is 2. The topological polar surface area (TPSA) is 35.8 Å². The molecule has 0 saturated carbocycles. The van der Waals surface area contributed by atoms with Gasteiger partial charge < -0.3 is 0 Å². The molecule has 0 amide bonds. The summed E-state index contributed by atoms with van der Waals surface area (Å²) < 4.78 is 0. The van der Waals surface area contributed by atoms with E-state index in [1.54, 1.807) is 0 Å². The lowest BCUT2D eigenvalue weighted by Crippen LogP contribution is -2.48. The van der Waals surface area contributed by atoms with E-state index in [-0.39, 0.29) is 5.54 Å². The van der Waals surface area contributed by atoms with Crippen molar-refractivity contribution in [3.63, 3.8) is 0 Å². The summed E-state index contributed by atoms with van der Waals surface area (Å²) in [6.07, 6.45) is 3.87. The van der Waals surface area contributed by atoms with Crippen LogP contribution in [0.3, 0.4) is 0 Å². The van der Waals surface area contributed by atoms with E-state index in [0.29, 0.717) is 0 Å². The maximum Gasteiger partial charge on any atom is 0.111 e. The zero-order chi connectivity index (χ0) is 11.4. The summed E-state index contributed by atoms with van der Waals surface area (Å²) in [5.74, 6) is 0. The van der Waals surface area contributed by atoms with Gasteiger partial charge in [0.15, 0.2) is 0 Å². The molecule has 0 bridgehead atoms. The Labute approximate surface area is 97.3 Å². The lowest BCUT2D eigenvalue weighted by Gasteiger charge is -2.33. The summed E-state index contributed by atoms with van der Waals surface area (Å²) in [7, 11) is 0. The zero-order valence-electron chi connectivity index (χ0n) is 9.79. The molecule has 1 aromatic carbocycles. The van der Waals surface area contributed by atoms with Gasteiger partial charge in [0.2, 0.25) is 0 Å². The first-order valence-electron chi connectivity index (χ1n) is 6.03. The fraction of sp³-hybridized carbons (Fsp3) is 0.500. The number of nitriles is 1. The average molecular weight is 214 g/mol. The molecule has 2 rings (SSSR count). The van der Waals surface area contributed by atoms with E-state index in [1.807, 2.05) is 0 Å². The number of nitrogens with one attached hydrogen (secondary N) is 1. The van der Waals surface area contributed by atoms with Gasteiger partial charge in [-0.2, -0.15) is 5.26 Å². The summed E-state index contributed by atoms with van der Waals surface area (Å²) in [6, 6.07) is 10.9. The van der Waals surface area contributed by atoms with Crippen molar-refractivity contribution in [3.8, 4) is 6.07 Å². The largest absolute Gasteiger partial charge is 0.299 e. The molecule has 1 aromatic rings. The van der Waals surface area contributed by atoms with Crippen molar-refractivity contribution in [3.05, 3.63) is 35.4 Å². The lowest BCUT2D eigenvalue weighted by molar-refractivity contribution is 0.367. The van der Waals surface area contributed by atoms with Crippen molar-refractivity contribution in [2.24, 2.45) is 0 Å². The number of aryl methyl sites for hydroxylation is 1. The van der Waals surface area contributed by atoms with Crippen molar-refractivity contribution in [1.82, 2.24) is 5.32 Å². The molecule has 0 saturated heterocycles. The van der Waals surface area contributed by atoms with Gasteiger partial charge in [-0.15, -0.1) is 0 Å². The molecule has 0 radical (unpaired) electrons. The van der Waals surface area contributed by atoms with Gasteiger partial charge >= 0.3 is 0 Å². The van der Waals surface area contributed by atoms with E-state index >= 15 is 0 Å². The molecule has 1 N–H and O–H groups in total. The van der Waals surface area contributed by atoms with Gasteiger partial charge in [-0.1, -0.05) is 31.2 Å². The molecular weight excluding hydrogens is 196 g/mol. The molecular formula is C14H18N2. The first-order valence-corrected chi connectivity index (χ1v) is 6.03. The van der Waals surface area contributed by atoms with Crippen LogP contribution < -0.4 is 5.32 Å². The molecule has 0 aromatic heterocycles. The highest BCUT2D eigenvalue weighted by Crippen LogP contribution is 2.28. The molecule has 0 fully saturated rings. The molecule has 1 aliphatic carbocycles. The minimum atomic E-state index is -0.329. The van der Waals surface area contributed by atoms with Crippen LogP contribution in [0.1, 0.15) is 30.9 Å². The number of hydrogen-bond donors (Lipinski definition) is 1. The predicted octanol–water partition coefficient (Wildman–Crippen LogP) is 2.44. The molecule has 2 nitrogen and oxygen atoms in total. The highest BCUT2D eigenvalue weighted by molar-refractivity contribution is 5.34. The van der Waals surface area contributed by atoms with Gasteiger partial charge in [-0.3, -0.25) is 5.32 Å². The zero-order valence-corrected chi connectivity index (χ0v) is 9.79. The Balaban J connectivity index is 2.19. The molecule has 1 unspecified atom stereocenters. The predicted molar refractivity (Wildman–Crippen MR) is 65.1 cm³/mol. The van der Waals surface area contributed by atoms with E-state index in [0.717, 1.165) is 32.2 Å². The van der Waals surface area contributed by atoms with Gasteiger partial charge in [-0.25, -0.2) is 0 Å². The van der Waals surface area contributed by atoms with E-state index in [4.69, 9.17) is 0 Å². The van der Waals surface area contributed by atoms with Crippen LogP contribution in [0.15, 0.2) is 24.3 Å². The van der Waals surface area contributed by atoms with Gasteiger partial charge in [0.05, 0.1) is 6.07 Å². The van der Waals surface area contributed by atoms with Gasteiger partial charge in [0.1, 0.15) is 5.54 Å². The van der Waals surface area contributed by atoms with Crippen molar-refractivity contribution in [1.29, 1.82) is 5.26 Å². The number of nitrogens with zero attached hydrogens (tertiary/aromatic N) is 1. The monoisotopic (exact) mass is 214 g/mol. The quantitative estimate of drug-likeness (QED) is 0.839. The van der Waals surface area contributed by atoms with Crippen molar-refractivity contribution < 1.29 is 0 Å². The van der Waals surface area contributed by atoms with Crippen molar-refractivity contribution in [2.75, 3.05) is 6.54 Å². The first-order chi connectivity index (χ1) is 7.79. The Hall–Kier alpha value is -1.33. The normalized spacial score (nSPS) is 23.5. The van der Waals surface area contributed by atoms with Crippen LogP contribution in [-0.4, -0.2) is 12.1 Å². The fourth-order valence-corrected chi connectivity index (χ4v) is 2.39. The highest BCUT2D eigenvalue weighted by atomic mass is 15.0. The van der Waals surface area contributed by atoms with Crippen molar-refractivity contribution in [2.45, 2.75) is 38.1 Å². The molecule has 84 valence electrons. The maximum atomic E-state index is 9.38. The smallest absolute Gasteiger partial charge is 0.111 e. The van der Waals surface area contributed by atoms with Crippen LogP contribution in [0.4, 0.5) is 0 Å². The van der Waals surface area contributed by atoms with Crippen LogP contribution in [0, 0.1) is 11.3 Å². The van der Waals surface area contributed by atoms with Crippen molar-refractivity contribution >= 4 is 0 Å². The van der Waals surface area contributed by atoms with Gasteiger partial charge in [0, 0.05) is 6.42 Å². The van der Waals surface area contributed by atoms with Crippen LogP contribution in [0.5, 0.6) is 0 Å². The molecule has 2 heteroatoms. The Morgan fingerprint density at radius 2 is 2.12 bits per heavy atom. The minimum absolute atomic E-state index is 0.329. The number of fused-ring (bicyclic) bond motifs is 1. The second kappa shape index (κ2) is 4.67. The summed E-state index contributed by atoms with van der Waals surface area (Å²) in [4.78, 5) is 0. The molecule has 1 atom stereocenters. The fourth-order valence-electron chi connectivity index (χ4n) is 2.39. The third-order valence-corrected chi connectivity index (χ3v) is 3.36. The standard InChI is InChI=1S/C14H18N2/c1-2-9-16-14(11-15)8-7-12-5-3-4-6-13(12)10-14/h3-6,16H,2,7-10H2,1H3. The van der Waals surface area contributed by atoms with Gasteiger partial charge in [0.25, 0.3) is 0 Å². The lowest BCUT2D eigenvalue weighted by atomic mass is 9.79. The Morgan fingerprint density at radius 3 is 2.81 bits per heavy atom. The maximum absolute atomic E-state index is 9.38. The summed E-state index contributed by atoms with van der Waals surface area (Å²) >= 11 is 0. The summed E-state index contributed by atoms with van der Waals surface area (Å²) in [5.41, 5.74) is 2.41. The number of benzene rings is 1.